The van der Waals surface area contributed by atoms with Crippen LogP contribution in [0.15, 0.2) is 24.3 Å². The zero-order valence-corrected chi connectivity index (χ0v) is 11.7. The Bertz CT molecular complexity index is 377. The van der Waals surface area contributed by atoms with Crippen LogP contribution in [0.4, 0.5) is 5.69 Å². The number of anilines is 1. The molecule has 0 saturated heterocycles. The highest BCUT2D eigenvalue weighted by molar-refractivity contribution is 5.49. The minimum Gasteiger partial charge on any atom is -0.491 e. The molecule has 1 aromatic carbocycles. The predicted molar refractivity (Wildman–Crippen MR) is 75.9 cm³/mol. The highest BCUT2D eigenvalue weighted by Crippen LogP contribution is 2.28. The quantitative estimate of drug-likeness (QED) is 0.734. The van der Waals surface area contributed by atoms with Crippen molar-refractivity contribution in [2.45, 2.75) is 31.9 Å². The summed E-state index contributed by atoms with van der Waals surface area (Å²) in [7, 11) is 1.67. The van der Waals surface area contributed by atoms with Gasteiger partial charge in [-0.2, -0.15) is 0 Å². The maximum absolute atomic E-state index is 5.59. The van der Waals surface area contributed by atoms with E-state index in [0.717, 1.165) is 30.9 Å². The third kappa shape index (κ3) is 4.40. The molecule has 2 rings (SSSR count). The van der Waals surface area contributed by atoms with Crippen LogP contribution < -0.4 is 10.1 Å². The number of rotatable bonds is 8. The van der Waals surface area contributed by atoms with Crippen molar-refractivity contribution in [3.8, 4) is 5.75 Å². The summed E-state index contributed by atoms with van der Waals surface area (Å²) in [6.07, 6.45) is 2.61. The van der Waals surface area contributed by atoms with Crippen molar-refractivity contribution in [2.75, 3.05) is 32.2 Å². The van der Waals surface area contributed by atoms with Crippen molar-refractivity contribution in [1.82, 2.24) is 0 Å². The smallest absolute Gasteiger partial charge is 0.121 e. The second-order valence-electron chi connectivity index (χ2n) is 4.76. The molecule has 19 heavy (non-hydrogen) atoms. The van der Waals surface area contributed by atoms with Gasteiger partial charge < -0.3 is 19.5 Å². The van der Waals surface area contributed by atoms with Gasteiger partial charge in [0.05, 0.1) is 12.7 Å². The summed E-state index contributed by atoms with van der Waals surface area (Å²) in [6.45, 7) is 4.04. The predicted octanol–water partition coefficient (Wildman–Crippen LogP) is 2.69. The standard InChI is InChI=1S/C15H23NO3/c1-3-18-15-10-13(11-15)16-12-5-4-6-14(9-12)19-8-7-17-2/h4-6,9,13,15-16H,3,7-8,10-11H2,1-2H3. The number of ether oxygens (including phenoxy) is 3. The van der Waals surface area contributed by atoms with E-state index in [-0.39, 0.29) is 0 Å². The third-order valence-corrected chi connectivity index (χ3v) is 3.26. The average Bonchev–Trinajstić information content (AvgIpc) is 2.37. The summed E-state index contributed by atoms with van der Waals surface area (Å²) in [4.78, 5) is 0. The lowest BCUT2D eigenvalue weighted by molar-refractivity contribution is 0.00299. The van der Waals surface area contributed by atoms with E-state index in [1.165, 1.54) is 0 Å². The molecule has 0 unspecified atom stereocenters. The fraction of sp³-hybridized carbons (Fsp3) is 0.600. The molecule has 0 radical (unpaired) electrons. The number of benzene rings is 1. The molecular formula is C15H23NO3. The summed E-state index contributed by atoms with van der Waals surface area (Å²) in [5.41, 5.74) is 1.11. The first-order chi connectivity index (χ1) is 9.31. The first kappa shape index (κ1) is 14.2. The number of methoxy groups -OCH3 is 1. The van der Waals surface area contributed by atoms with E-state index in [0.29, 0.717) is 25.4 Å². The molecule has 1 aliphatic rings. The second kappa shape index (κ2) is 7.36. The molecule has 0 aliphatic heterocycles. The van der Waals surface area contributed by atoms with Crippen molar-refractivity contribution >= 4 is 5.69 Å². The van der Waals surface area contributed by atoms with Crippen LogP contribution in [0.25, 0.3) is 0 Å². The molecule has 4 heteroatoms. The molecule has 0 heterocycles. The van der Waals surface area contributed by atoms with Gasteiger partial charge in [0.25, 0.3) is 0 Å². The lowest BCUT2D eigenvalue weighted by Gasteiger charge is -2.36. The molecule has 1 fully saturated rings. The molecular weight excluding hydrogens is 242 g/mol. The van der Waals surface area contributed by atoms with Gasteiger partial charge in [-0.05, 0) is 31.9 Å². The molecule has 1 N–H and O–H groups in total. The van der Waals surface area contributed by atoms with Gasteiger partial charge in [-0.25, -0.2) is 0 Å². The van der Waals surface area contributed by atoms with Crippen molar-refractivity contribution in [3.63, 3.8) is 0 Å². The summed E-state index contributed by atoms with van der Waals surface area (Å²) >= 11 is 0. The maximum Gasteiger partial charge on any atom is 0.121 e. The van der Waals surface area contributed by atoms with Crippen molar-refractivity contribution in [2.24, 2.45) is 0 Å². The van der Waals surface area contributed by atoms with Crippen LogP contribution in [0.1, 0.15) is 19.8 Å². The lowest BCUT2D eigenvalue weighted by atomic mass is 9.89. The van der Waals surface area contributed by atoms with Crippen LogP contribution in [0.2, 0.25) is 0 Å². The molecule has 106 valence electrons. The molecule has 0 bridgehead atoms. The highest BCUT2D eigenvalue weighted by Gasteiger charge is 2.29. The molecule has 0 amide bonds. The monoisotopic (exact) mass is 265 g/mol. The summed E-state index contributed by atoms with van der Waals surface area (Å²) in [5.74, 6) is 0.878. The van der Waals surface area contributed by atoms with Crippen LogP contribution in [0, 0.1) is 0 Å². The van der Waals surface area contributed by atoms with Gasteiger partial charge in [-0.15, -0.1) is 0 Å². The topological polar surface area (TPSA) is 39.7 Å². The number of nitrogens with one attached hydrogen (secondary N) is 1. The average molecular weight is 265 g/mol. The summed E-state index contributed by atoms with van der Waals surface area (Å²) < 4.78 is 16.1. The zero-order chi connectivity index (χ0) is 13.5. The van der Waals surface area contributed by atoms with E-state index in [1.54, 1.807) is 7.11 Å². The van der Waals surface area contributed by atoms with E-state index in [9.17, 15) is 0 Å². The molecule has 1 aromatic rings. The molecule has 0 spiro atoms. The van der Waals surface area contributed by atoms with E-state index >= 15 is 0 Å². The van der Waals surface area contributed by atoms with Gasteiger partial charge in [-0.3, -0.25) is 0 Å². The molecule has 4 nitrogen and oxygen atoms in total. The van der Waals surface area contributed by atoms with E-state index < -0.39 is 0 Å². The summed E-state index contributed by atoms with van der Waals surface area (Å²) in [6, 6.07) is 8.58. The minimum atomic E-state index is 0.434. The van der Waals surface area contributed by atoms with Crippen LogP contribution >= 0.6 is 0 Å². The van der Waals surface area contributed by atoms with E-state index in [4.69, 9.17) is 14.2 Å². The van der Waals surface area contributed by atoms with Crippen molar-refractivity contribution in [3.05, 3.63) is 24.3 Å². The Balaban J connectivity index is 1.76. The van der Waals surface area contributed by atoms with Crippen LogP contribution in [0.3, 0.4) is 0 Å². The SMILES string of the molecule is CCOC1CC(Nc2cccc(OCCOC)c2)C1. The molecule has 1 aliphatic carbocycles. The first-order valence-electron chi connectivity index (χ1n) is 6.91. The number of hydrogen-bond acceptors (Lipinski definition) is 4. The van der Waals surface area contributed by atoms with Crippen molar-refractivity contribution < 1.29 is 14.2 Å². The largest absolute Gasteiger partial charge is 0.491 e. The van der Waals surface area contributed by atoms with E-state index in [1.807, 2.05) is 25.1 Å². The molecule has 1 saturated carbocycles. The Kier molecular flexibility index (Phi) is 5.48. The Morgan fingerprint density at radius 3 is 2.84 bits per heavy atom. The Morgan fingerprint density at radius 1 is 1.26 bits per heavy atom. The fourth-order valence-corrected chi connectivity index (χ4v) is 2.21. The highest BCUT2D eigenvalue weighted by atomic mass is 16.5. The normalized spacial score (nSPS) is 21.8. The number of hydrogen-bond donors (Lipinski definition) is 1. The van der Waals surface area contributed by atoms with E-state index in [2.05, 4.69) is 11.4 Å². The van der Waals surface area contributed by atoms with Crippen LogP contribution in [-0.4, -0.2) is 39.1 Å². The molecule has 0 atom stereocenters. The Hall–Kier alpha value is -1.26. The van der Waals surface area contributed by atoms with Gasteiger partial charge in [0, 0.05) is 31.5 Å². The Labute approximate surface area is 115 Å². The fourth-order valence-electron chi connectivity index (χ4n) is 2.21. The first-order valence-corrected chi connectivity index (χ1v) is 6.91. The van der Waals surface area contributed by atoms with Crippen LogP contribution in [0.5, 0.6) is 5.75 Å². The minimum absolute atomic E-state index is 0.434. The van der Waals surface area contributed by atoms with Gasteiger partial charge in [0.1, 0.15) is 12.4 Å². The van der Waals surface area contributed by atoms with Crippen molar-refractivity contribution in [1.29, 1.82) is 0 Å². The summed E-state index contributed by atoms with van der Waals surface area (Å²) in [5, 5.41) is 3.51. The Morgan fingerprint density at radius 2 is 2.11 bits per heavy atom. The van der Waals surface area contributed by atoms with Gasteiger partial charge in [0.2, 0.25) is 0 Å². The molecule has 0 aromatic heterocycles. The second-order valence-corrected chi connectivity index (χ2v) is 4.76. The third-order valence-electron chi connectivity index (χ3n) is 3.26. The van der Waals surface area contributed by atoms with Gasteiger partial charge >= 0.3 is 0 Å². The van der Waals surface area contributed by atoms with Gasteiger partial charge in [0.15, 0.2) is 0 Å². The lowest BCUT2D eigenvalue weighted by Crippen LogP contribution is -2.40. The van der Waals surface area contributed by atoms with Crippen LogP contribution in [-0.2, 0) is 9.47 Å². The maximum atomic E-state index is 5.59. The van der Waals surface area contributed by atoms with Gasteiger partial charge in [-0.1, -0.05) is 6.07 Å². The zero-order valence-electron chi connectivity index (χ0n) is 11.7.